The predicted molar refractivity (Wildman–Crippen MR) is 140 cm³/mol. The van der Waals surface area contributed by atoms with E-state index in [2.05, 4.69) is 32.7 Å². The molecule has 5 rings (SSSR count). The third-order valence-corrected chi connectivity index (χ3v) is 5.87. The number of morpholine rings is 1. The summed E-state index contributed by atoms with van der Waals surface area (Å²) in [6, 6.07) is 15.7. The van der Waals surface area contributed by atoms with Crippen LogP contribution in [0.2, 0.25) is 0 Å². The highest BCUT2D eigenvalue weighted by Gasteiger charge is 2.17. The van der Waals surface area contributed by atoms with Gasteiger partial charge in [0.05, 0.1) is 19.8 Å². The molecule has 36 heavy (non-hydrogen) atoms. The maximum atomic E-state index is 12.0. The molecule has 1 fully saturated rings. The summed E-state index contributed by atoms with van der Waals surface area (Å²) in [5.41, 5.74) is 4.08. The highest BCUT2D eigenvalue weighted by molar-refractivity contribution is 5.86. The Kier molecular flexibility index (Phi) is 7.08. The number of aromatic nitrogens is 2. The van der Waals surface area contributed by atoms with Crippen molar-refractivity contribution in [1.29, 1.82) is 0 Å². The summed E-state index contributed by atoms with van der Waals surface area (Å²) < 4.78 is 11.3. The van der Waals surface area contributed by atoms with Crippen molar-refractivity contribution in [3.05, 3.63) is 59.7 Å². The number of aliphatic imine (C=N–C) groups is 1. The minimum absolute atomic E-state index is 0.0508. The number of hydrogen-bond acceptors (Lipinski definition) is 8. The highest BCUT2D eigenvalue weighted by Crippen LogP contribution is 2.28. The molecule has 3 heterocycles. The minimum Gasteiger partial charge on any atom is -0.484 e. The summed E-state index contributed by atoms with van der Waals surface area (Å²) in [6.45, 7) is 7.36. The van der Waals surface area contributed by atoms with Crippen molar-refractivity contribution in [3.63, 3.8) is 0 Å². The molecule has 3 aromatic rings. The molecular formula is C27H30N6O3. The Morgan fingerprint density at radius 1 is 1.11 bits per heavy atom. The van der Waals surface area contributed by atoms with Gasteiger partial charge in [0.25, 0.3) is 5.91 Å². The summed E-state index contributed by atoms with van der Waals surface area (Å²) in [7, 11) is 0. The van der Waals surface area contributed by atoms with Crippen LogP contribution < -0.4 is 20.3 Å². The van der Waals surface area contributed by atoms with Crippen LogP contribution in [0.25, 0.3) is 11.4 Å². The molecular weight excluding hydrogens is 456 g/mol. The van der Waals surface area contributed by atoms with Crippen LogP contribution >= 0.6 is 0 Å². The summed E-state index contributed by atoms with van der Waals surface area (Å²) in [6.07, 6.45) is 1.90. The Morgan fingerprint density at radius 2 is 1.97 bits per heavy atom. The zero-order chi connectivity index (χ0) is 24.9. The van der Waals surface area contributed by atoms with E-state index in [4.69, 9.17) is 19.4 Å². The molecule has 0 spiro atoms. The maximum Gasteiger partial charge on any atom is 0.258 e. The molecule has 0 radical (unpaired) electrons. The number of rotatable bonds is 8. The third kappa shape index (κ3) is 5.80. The Hall–Kier alpha value is -3.98. The first kappa shape index (κ1) is 23.7. The van der Waals surface area contributed by atoms with Crippen LogP contribution in [0.1, 0.15) is 25.0 Å². The van der Waals surface area contributed by atoms with Gasteiger partial charge in [0.15, 0.2) is 12.4 Å². The van der Waals surface area contributed by atoms with E-state index >= 15 is 0 Å². The van der Waals surface area contributed by atoms with Gasteiger partial charge >= 0.3 is 0 Å². The fraction of sp³-hybridized carbons (Fsp3) is 0.333. The standard InChI is InChI=1S/C27H30N6O3/c1-18(2)29-26(34)17-36-23-5-3-4-19(13-23)27-31-24(14-25(32-27)33-8-10-35-11-9-33)30-22-7-6-20-15-28-16-21(20)12-22/h3-7,12-14,16,18H,8-11,15,17H2,1-2H3,(H,29,34)(H,30,31,32). The highest BCUT2D eigenvalue weighted by atomic mass is 16.5. The second-order valence-electron chi connectivity index (χ2n) is 9.08. The number of benzene rings is 2. The molecule has 1 aromatic heterocycles. The molecule has 2 N–H and O–H groups in total. The van der Waals surface area contributed by atoms with Gasteiger partial charge in [0.1, 0.15) is 17.4 Å². The van der Waals surface area contributed by atoms with Crippen molar-refractivity contribution < 1.29 is 14.3 Å². The van der Waals surface area contributed by atoms with E-state index in [1.807, 2.05) is 56.5 Å². The lowest BCUT2D eigenvalue weighted by Crippen LogP contribution is -2.36. The Morgan fingerprint density at radius 3 is 2.81 bits per heavy atom. The van der Waals surface area contributed by atoms with E-state index in [9.17, 15) is 4.79 Å². The topological polar surface area (TPSA) is 101 Å². The lowest BCUT2D eigenvalue weighted by Gasteiger charge is -2.28. The molecule has 2 aliphatic heterocycles. The number of fused-ring (bicyclic) bond motifs is 1. The molecule has 1 saturated heterocycles. The Balaban J connectivity index is 1.42. The van der Waals surface area contributed by atoms with Crippen LogP contribution in [-0.2, 0) is 16.1 Å². The predicted octanol–water partition coefficient (Wildman–Crippen LogP) is 3.56. The molecule has 0 atom stereocenters. The molecule has 0 aliphatic carbocycles. The van der Waals surface area contributed by atoms with E-state index in [1.165, 1.54) is 5.56 Å². The number of hydrogen-bond donors (Lipinski definition) is 2. The van der Waals surface area contributed by atoms with Gasteiger partial charge in [-0.3, -0.25) is 9.79 Å². The first-order valence-electron chi connectivity index (χ1n) is 12.2. The average Bonchev–Trinajstić information content (AvgIpc) is 3.36. The second kappa shape index (κ2) is 10.7. The van der Waals surface area contributed by atoms with Gasteiger partial charge in [-0.05, 0) is 49.2 Å². The van der Waals surface area contributed by atoms with E-state index in [0.29, 0.717) is 30.6 Å². The molecule has 1 amide bonds. The largest absolute Gasteiger partial charge is 0.484 e. The van der Waals surface area contributed by atoms with Gasteiger partial charge < -0.3 is 25.0 Å². The van der Waals surface area contributed by atoms with Crippen molar-refractivity contribution >= 4 is 29.4 Å². The van der Waals surface area contributed by atoms with Gasteiger partial charge in [-0.25, -0.2) is 9.97 Å². The van der Waals surface area contributed by atoms with Crippen LogP contribution in [0.4, 0.5) is 17.3 Å². The van der Waals surface area contributed by atoms with Crippen LogP contribution in [-0.4, -0.2) is 61.0 Å². The third-order valence-electron chi connectivity index (χ3n) is 5.87. The number of carbonyl (C=O) groups is 1. The smallest absolute Gasteiger partial charge is 0.258 e. The van der Waals surface area contributed by atoms with Gasteiger partial charge in [-0.15, -0.1) is 0 Å². The lowest BCUT2D eigenvalue weighted by molar-refractivity contribution is -0.123. The molecule has 2 aliphatic rings. The molecule has 0 bridgehead atoms. The number of ether oxygens (including phenoxy) is 2. The van der Waals surface area contributed by atoms with Gasteiger partial charge in [0.2, 0.25) is 0 Å². The molecule has 0 saturated carbocycles. The summed E-state index contributed by atoms with van der Waals surface area (Å²) in [4.78, 5) is 28.2. The van der Waals surface area contributed by atoms with Crippen molar-refractivity contribution in [2.45, 2.75) is 26.4 Å². The quantitative estimate of drug-likeness (QED) is 0.502. The first-order chi connectivity index (χ1) is 17.5. The lowest BCUT2D eigenvalue weighted by atomic mass is 10.1. The van der Waals surface area contributed by atoms with Crippen molar-refractivity contribution in [1.82, 2.24) is 15.3 Å². The van der Waals surface area contributed by atoms with Crippen LogP contribution in [0.3, 0.4) is 0 Å². The molecule has 186 valence electrons. The summed E-state index contributed by atoms with van der Waals surface area (Å²) in [5, 5.41) is 6.27. The monoisotopic (exact) mass is 486 g/mol. The van der Waals surface area contributed by atoms with E-state index in [1.54, 1.807) is 0 Å². The SMILES string of the molecule is CC(C)NC(=O)COc1cccc(-c2nc(Nc3ccc4c(c3)C=NC4)cc(N3CCOCC3)n2)c1. The number of amides is 1. The minimum atomic E-state index is -0.160. The number of carbonyl (C=O) groups excluding carboxylic acids is 1. The van der Waals surface area contributed by atoms with Crippen molar-refractivity contribution in [3.8, 4) is 17.1 Å². The van der Waals surface area contributed by atoms with Crippen molar-refractivity contribution in [2.24, 2.45) is 4.99 Å². The number of nitrogens with zero attached hydrogens (tertiary/aromatic N) is 4. The number of nitrogens with one attached hydrogen (secondary N) is 2. The van der Waals surface area contributed by atoms with Crippen molar-refractivity contribution in [2.75, 3.05) is 43.1 Å². The average molecular weight is 487 g/mol. The molecule has 0 unspecified atom stereocenters. The maximum absolute atomic E-state index is 12.0. The summed E-state index contributed by atoms with van der Waals surface area (Å²) in [5.74, 6) is 2.52. The normalized spacial score (nSPS) is 14.6. The second-order valence-corrected chi connectivity index (χ2v) is 9.08. The van der Waals surface area contributed by atoms with Gasteiger partial charge in [-0.2, -0.15) is 0 Å². The summed E-state index contributed by atoms with van der Waals surface area (Å²) >= 11 is 0. The van der Waals surface area contributed by atoms with E-state index in [0.717, 1.165) is 42.3 Å². The zero-order valence-electron chi connectivity index (χ0n) is 20.5. The fourth-order valence-electron chi connectivity index (χ4n) is 4.15. The van der Waals surface area contributed by atoms with Gasteiger partial charge in [-0.1, -0.05) is 18.2 Å². The number of anilines is 3. The van der Waals surface area contributed by atoms with E-state index < -0.39 is 0 Å². The van der Waals surface area contributed by atoms with Crippen LogP contribution in [0, 0.1) is 0 Å². The fourth-order valence-corrected chi connectivity index (χ4v) is 4.15. The molecule has 9 nitrogen and oxygen atoms in total. The Labute approximate surface area is 210 Å². The van der Waals surface area contributed by atoms with Crippen LogP contribution in [0.15, 0.2) is 53.5 Å². The first-order valence-corrected chi connectivity index (χ1v) is 12.2. The van der Waals surface area contributed by atoms with Crippen LogP contribution in [0.5, 0.6) is 5.75 Å². The molecule has 9 heteroatoms. The Bertz CT molecular complexity index is 1270. The van der Waals surface area contributed by atoms with Gasteiger partial charge in [0, 0.05) is 42.7 Å². The zero-order valence-corrected chi connectivity index (χ0v) is 20.5. The van der Waals surface area contributed by atoms with E-state index in [-0.39, 0.29) is 18.6 Å². The molecule has 2 aromatic carbocycles.